The summed E-state index contributed by atoms with van der Waals surface area (Å²) in [5.41, 5.74) is -0.554. The predicted molar refractivity (Wildman–Crippen MR) is 137 cm³/mol. The summed E-state index contributed by atoms with van der Waals surface area (Å²) in [5, 5.41) is -0.485. The van der Waals surface area contributed by atoms with Crippen LogP contribution in [0.1, 0.15) is 23.3 Å². The van der Waals surface area contributed by atoms with E-state index in [1.54, 1.807) is 19.2 Å². The number of rotatable bonds is 8. The molecule has 3 aromatic rings. The molecular formula is C26H26ClF3N2O6S. The fourth-order valence-electron chi connectivity index (χ4n) is 4.14. The van der Waals surface area contributed by atoms with Crippen LogP contribution in [0.15, 0.2) is 68.9 Å². The van der Waals surface area contributed by atoms with Crippen molar-refractivity contribution in [3.63, 3.8) is 0 Å². The molecule has 13 heteroatoms. The Morgan fingerprint density at radius 2 is 1.85 bits per heavy atom. The molecule has 0 N–H and O–H groups in total. The zero-order chi connectivity index (χ0) is 28.2. The molecule has 0 saturated carbocycles. The van der Waals surface area contributed by atoms with E-state index in [4.69, 9.17) is 25.5 Å². The first kappa shape index (κ1) is 28.9. The monoisotopic (exact) mass is 586 g/mol. The van der Waals surface area contributed by atoms with E-state index in [2.05, 4.69) is 0 Å². The Hall–Kier alpha value is -3.06. The van der Waals surface area contributed by atoms with Crippen LogP contribution in [0.3, 0.4) is 0 Å². The summed E-state index contributed by atoms with van der Waals surface area (Å²) in [6.07, 6.45) is -2.92. The molecule has 0 aliphatic carbocycles. The van der Waals surface area contributed by atoms with Crippen molar-refractivity contribution >= 4 is 21.6 Å². The molecule has 1 saturated heterocycles. The average Bonchev–Trinajstić information content (AvgIpc) is 3.14. The van der Waals surface area contributed by atoms with Gasteiger partial charge in [-0.05, 0) is 48.9 Å². The standard InChI is InChI=1S/C26H26ClF3N2O6S/c1-36-20-5-2-4-18(12-20)16-38-24-17-37-21(14-23(24)33)15-31-8-3-9-32(11-10-31)39(34,35)25-7-6-19(13-22(25)27)26(28,29)30/h2,4-7,12-14,17H,3,8-11,15-16H2,1H3. The first-order valence-electron chi connectivity index (χ1n) is 11.9. The van der Waals surface area contributed by atoms with Gasteiger partial charge >= 0.3 is 6.18 Å². The van der Waals surface area contributed by atoms with Crippen LogP contribution < -0.4 is 14.9 Å². The van der Waals surface area contributed by atoms with E-state index in [0.29, 0.717) is 43.2 Å². The van der Waals surface area contributed by atoms with E-state index in [9.17, 15) is 26.4 Å². The molecule has 2 aromatic carbocycles. The van der Waals surface area contributed by atoms with Crippen LogP contribution in [-0.4, -0.2) is 50.9 Å². The summed E-state index contributed by atoms with van der Waals surface area (Å²) in [5.74, 6) is 1.11. The van der Waals surface area contributed by atoms with E-state index in [0.717, 1.165) is 11.6 Å². The van der Waals surface area contributed by atoms with Gasteiger partial charge in [-0.1, -0.05) is 23.7 Å². The van der Waals surface area contributed by atoms with E-state index in [1.807, 2.05) is 17.0 Å². The second kappa shape index (κ2) is 12.0. The molecule has 2 heterocycles. The van der Waals surface area contributed by atoms with Crippen molar-refractivity contribution in [3.8, 4) is 11.5 Å². The Balaban J connectivity index is 1.37. The molecule has 1 fully saturated rings. The van der Waals surface area contributed by atoms with Crippen molar-refractivity contribution in [2.24, 2.45) is 0 Å². The summed E-state index contributed by atoms with van der Waals surface area (Å²) in [4.78, 5) is 14.1. The normalized spacial score (nSPS) is 15.6. The Bertz CT molecular complexity index is 1480. The van der Waals surface area contributed by atoms with Crippen LogP contribution in [0.2, 0.25) is 5.02 Å². The molecule has 0 unspecified atom stereocenters. The lowest BCUT2D eigenvalue weighted by Gasteiger charge is -2.22. The Kier molecular flexibility index (Phi) is 8.90. The van der Waals surface area contributed by atoms with Gasteiger partial charge in [-0.2, -0.15) is 17.5 Å². The van der Waals surface area contributed by atoms with Crippen LogP contribution in [0.5, 0.6) is 11.5 Å². The van der Waals surface area contributed by atoms with Gasteiger partial charge in [0.25, 0.3) is 0 Å². The van der Waals surface area contributed by atoms with Gasteiger partial charge in [-0.3, -0.25) is 9.69 Å². The molecule has 1 aromatic heterocycles. The van der Waals surface area contributed by atoms with Crippen LogP contribution in [-0.2, 0) is 29.4 Å². The average molecular weight is 587 g/mol. The van der Waals surface area contributed by atoms with Gasteiger partial charge in [0.1, 0.15) is 29.3 Å². The molecule has 1 aliphatic heterocycles. The van der Waals surface area contributed by atoms with E-state index >= 15 is 0 Å². The number of nitrogens with zero attached hydrogens (tertiary/aromatic N) is 2. The highest BCUT2D eigenvalue weighted by molar-refractivity contribution is 7.89. The smallest absolute Gasteiger partial charge is 0.416 e. The van der Waals surface area contributed by atoms with Gasteiger partial charge in [0, 0.05) is 25.7 Å². The number of halogens is 4. The molecule has 210 valence electrons. The van der Waals surface area contributed by atoms with Crippen LogP contribution in [0.4, 0.5) is 13.2 Å². The third-order valence-corrected chi connectivity index (χ3v) is 8.57. The van der Waals surface area contributed by atoms with Gasteiger partial charge in [0.15, 0.2) is 0 Å². The molecular weight excluding hydrogens is 561 g/mol. The number of sulfonamides is 1. The molecule has 1 aliphatic rings. The first-order valence-corrected chi connectivity index (χ1v) is 13.8. The fourth-order valence-corrected chi connectivity index (χ4v) is 6.13. The highest BCUT2D eigenvalue weighted by Crippen LogP contribution is 2.34. The number of hydrogen-bond acceptors (Lipinski definition) is 7. The quantitative estimate of drug-likeness (QED) is 0.375. The molecule has 0 amide bonds. The third kappa shape index (κ3) is 7.13. The SMILES string of the molecule is COc1cccc(COc2coc(CN3CCCN(S(=O)(=O)c4ccc(C(F)(F)F)cc4Cl)CC3)cc2=O)c1. The van der Waals surface area contributed by atoms with Crippen molar-refractivity contribution in [2.45, 2.75) is 30.6 Å². The lowest BCUT2D eigenvalue weighted by Crippen LogP contribution is -2.35. The maximum atomic E-state index is 13.1. The largest absolute Gasteiger partial charge is 0.497 e. The Morgan fingerprint density at radius 3 is 2.54 bits per heavy atom. The summed E-state index contributed by atoms with van der Waals surface area (Å²) in [6.45, 7) is 1.50. The Labute approximate surface area is 228 Å². The lowest BCUT2D eigenvalue weighted by molar-refractivity contribution is -0.137. The van der Waals surface area contributed by atoms with Gasteiger partial charge in [-0.15, -0.1) is 0 Å². The van der Waals surface area contributed by atoms with E-state index in [-0.39, 0.29) is 42.3 Å². The second-order valence-electron chi connectivity index (χ2n) is 8.89. The van der Waals surface area contributed by atoms with Crippen molar-refractivity contribution in [1.82, 2.24) is 9.21 Å². The summed E-state index contributed by atoms with van der Waals surface area (Å²) < 4.78 is 82.7. The minimum absolute atomic E-state index is 0.0584. The van der Waals surface area contributed by atoms with Crippen molar-refractivity contribution in [1.29, 1.82) is 0 Å². The molecule has 0 spiro atoms. The van der Waals surface area contributed by atoms with Crippen LogP contribution >= 0.6 is 11.6 Å². The third-order valence-electron chi connectivity index (χ3n) is 6.18. The zero-order valence-corrected chi connectivity index (χ0v) is 22.5. The summed E-state index contributed by atoms with van der Waals surface area (Å²) >= 11 is 5.94. The minimum Gasteiger partial charge on any atom is -0.497 e. The van der Waals surface area contributed by atoms with Gasteiger partial charge < -0.3 is 13.9 Å². The summed E-state index contributed by atoms with van der Waals surface area (Å²) in [7, 11) is -2.55. The topological polar surface area (TPSA) is 89.3 Å². The maximum Gasteiger partial charge on any atom is 0.416 e. The highest BCUT2D eigenvalue weighted by atomic mass is 35.5. The zero-order valence-electron chi connectivity index (χ0n) is 20.9. The number of benzene rings is 2. The molecule has 4 rings (SSSR count). The maximum absolute atomic E-state index is 13.1. The number of alkyl halides is 3. The lowest BCUT2D eigenvalue weighted by atomic mass is 10.2. The van der Waals surface area contributed by atoms with E-state index < -0.39 is 26.8 Å². The molecule has 0 radical (unpaired) electrons. The first-order chi connectivity index (χ1) is 18.5. The minimum atomic E-state index is -4.63. The molecule has 0 bridgehead atoms. The number of ether oxygens (including phenoxy) is 2. The Morgan fingerprint density at radius 1 is 1.05 bits per heavy atom. The van der Waals surface area contributed by atoms with Crippen molar-refractivity contribution in [2.75, 3.05) is 33.3 Å². The predicted octanol–water partition coefficient (Wildman–Crippen LogP) is 4.80. The molecule has 8 nitrogen and oxygen atoms in total. The van der Waals surface area contributed by atoms with Gasteiger partial charge in [0.05, 0.1) is 24.2 Å². The fraction of sp³-hybridized carbons (Fsp3) is 0.346. The van der Waals surface area contributed by atoms with Crippen molar-refractivity contribution in [3.05, 3.63) is 86.9 Å². The summed E-state index contributed by atoms with van der Waals surface area (Å²) in [6, 6.07) is 10.8. The van der Waals surface area contributed by atoms with Crippen LogP contribution in [0, 0.1) is 0 Å². The van der Waals surface area contributed by atoms with Gasteiger partial charge in [0.2, 0.25) is 21.2 Å². The van der Waals surface area contributed by atoms with Gasteiger partial charge in [-0.25, -0.2) is 8.42 Å². The van der Waals surface area contributed by atoms with Crippen molar-refractivity contribution < 1.29 is 35.5 Å². The molecule has 0 atom stereocenters. The molecule has 39 heavy (non-hydrogen) atoms. The van der Waals surface area contributed by atoms with E-state index in [1.165, 1.54) is 16.6 Å². The number of methoxy groups -OCH3 is 1. The highest BCUT2D eigenvalue weighted by Gasteiger charge is 2.34. The second-order valence-corrected chi connectivity index (χ2v) is 11.2. The van der Waals surface area contributed by atoms with Crippen LogP contribution in [0.25, 0.3) is 0 Å². The number of hydrogen-bond donors (Lipinski definition) is 0.